The van der Waals surface area contributed by atoms with Gasteiger partial charge in [0.15, 0.2) is 0 Å². The molecule has 4 rings (SSSR count). The van der Waals surface area contributed by atoms with E-state index in [1.165, 1.54) is 6.07 Å². The zero-order valence-corrected chi connectivity index (χ0v) is 20.4. The van der Waals surface area contributed by atoms with E-state index in [1.807, 2.05) is 31.4 Å². The molecule has 1 fully saturated rings. The van der Waals surface area contributed by atoms with Crippen molar-refractivity contribution in [1.82, 2.24) is 19.8 Å². The number of aromatic nitrogens is 2. The van der Waals surface area contributed by atoms with Crippen LogP contribution >= 0.6 is 11.6 Å². The predicted molar refractivity (Wildman–Crippen MR) is 132 cm³/mol. The molecule has 1 aliphatic heterocycles. The number of likely N-dealkylation sites (N-methyl/N-ethyl adjacent to an activating group) is 1. The number of benzene rings is 2. The maximum atomic E-state index is 13.8. The van der Waals surface area contributed by atoms with E-state index in [2.05, 4.69) is 34.3 Å². The summed E-state index contributed by atoms with van der Waals surface area (Å²) in [7, 11) is 2.15. The van der Waals surface area contributed by atoms with E-state index in [-0.39, 0.29) is 23.0 Å². The van der Waals surface area contributed by atoms with Crippen LogP contribution in [0.2, 0.25) is 5.02 Å². The summed E-state index contributed by atoms with van der Waals surface area (Å²) >= 11 is 6.06. The fourth-order valence-electron chi connectivity index (χ4n) is 4.24. The number of hydrogen-bond acceptors (Lipinski definition) is 4. The Bertz CT molecular complexity index is 1170. The van der Waals surface area contributed by atoms with Gasteiger partial charge in [0.1, 0.15) is 18.2 Å². The van der Waals surface area contributed by atoms with Gasteiger partial charge >= 0.3 is 0 Å². The Labute approximate surface area is 199 Å². The van der Waals surface area contributed by atoms with Crippen LogP contribution in [-0.2, 0) is 11.3 Å². The van der Waals surface area contributed by atoms with Crippen LogP contribution < -0.4 is 10.2 Å². The minimum atomic E-state index is -0.484. The number of rotatable bonds is 4. The number of fused-ring (bicyclic) bond motifs is 1. The molecule has 1 amide bonds. The summed E-state index contributed by atoms with van der Waals surface area (Å²) in [6.07, 6.45) is 1.11. The van der Waals surface area contributed by atoms with Crippen LogP contribution in [-0.4, -0.2) is 59.1 Å². The second-order valence-corrected chi connectivity index (χ2v) is 10.2. The van der Waals surface area contributed by atoms with Crippen LogP contribution in [0.15, 0.2) is 36.4 Å². The highest BCUT2D eigenvalue weighted by Crippen LogP contribution is 2.30. The van der Waals surface area contributed by atoms with Crippen molar-refractivity contribution in [3.8, 4) is 11.4 Å². The monoisotopic (exact) mass is 471 g/mol. The molecule has 2 aromatic carbocycles. The molecule has 176 valence electrons. The number of imidazole rings is 1. The summed E-state index contributed by atoms with van der Waals surface area (Å²) in [5.74, 6) is -0.0124. The highest BCUT2D eigenvalue weighted by molar-refractivity contribution is 6.31. The van der Waals surface area contributed by atoms with Gasteiger partial charge in [-0.3, -0.25) is 4.79 Å². The Balaban J connectivity index is 1.76. The maximum Gasteiger partial charge on any atom is 0.240 e. The normalized spacial score (nSPS) is 15.6. The molecule has 1 N–H and O–H groups in total. The third kappa shape index (κ3) is 5.47. The molecular weight excluding hydrogens is 441 g/mol. The predicted octanol–water partition coefficient (Wildman–Crippen LogP) is 4.55. The summed E-state index contributed by atoms with van der Waals surface area (Å²) in [5, 5.41) is 3.04. The molecule has 0 spiro atoms. The third-order valence-electron chi connectivity index (χ3n) is 5.81. The fourth-order valence-corrected chi connectivity index (χ4v) is 4.42. The van der Waals surface area contributed by atoms with E-state index < -0.39 is 5.82 Å². The summed E-state index contributed by atoms with van der Waals surface area (Å²) in [6, 6.07) is 10.7. The molecule has 33 heavy (non-hydrogen) atoms. The summed E-state index contributed by atoms with van der Waals surface area (Å²) in [6.45, 7) is 9.99. The number of amides is 1. The van der Waals surface area contributed by atoms with Gasteiger partial charge in [-0.05, 0) is 77.2 Å². The average Bonchev–Trinajstić information content (AvgIpc) is 2.93. The Kier molecular flexibility index (Phi) is 6.64. The molecule has 6 nitrogen and oxygen atoms in total. The van der Waals surface area contributed by atoms with E-state index in [9.17, 15) is 9.18 Å². The second-order valence-electron chi connectivity index (χ2n) is 9.77. The molecule has 1 aliphatic rings. The van der Waals surface area contributed by atoms with Crippen molar-refractivity contribution < 1.29 is 9.18 Å². The van der Waals surface area contributed by atoms with Crippen LogP contribution in [0, 0.1) is 5.82 Å². The van der Waals surface area contributed by atoms with Crippen molar-refractivity contribution in [1.29, 1.82) is 0 Å². The van der Waals surface area contributed by atoms with Gasteiger partial charge in [0.25, 0.3) is 0 Å². The lowest BCUT2D eigenvalue weighted by atomic mass is 10.1. The first-order valence-electron chi connectivity index (χ1n) is 11.3. The number of nitrogens with one attached hydrogen (secondary N) is 1. The molecule has 1 aromatic heterocycles. The van der Waals surface area contributed by atoms with Gasteiger partial charge in [-0.2, -0.15) is 0 Å². The van der Waals surface area contributed by atoms with Crippen molar-refractivity contribution in [3.05, 3.63) is 47.2 Å². The van der Waals surface area contributed by atoms with Crippen molar-refractivity contribution in [2.45, 2.75) is 39.3 Å². The quantitative estimate of drug-likeness (QED) is 0.606. The maximum absolute atomic E-state index is 13.8. The van der Waals surface area contributed by atoms with Gasteiger partial charge in [-0.15, -0.1) is 0 Å². The second kappa shape index (κ2) is 9.31. The lowest BCUT2D eigenvalue weighted by Gasteiger charge is -2.23. The Morgan fingerprint density at radius 1 is 1.12 bits per heavy atom. The summed E-state index contributed by atoms with van der Waals surface area (Å²) in [4.78, 5) is 22.4. The largest absolute Gasteiger partial charge is 0.370 e. The van der Waals surface area contributed by atoms with E-state index in [1.54, 1.807) is 12.1 Å². The zero-order valence-electron chi connectivity index (χ0n) is 19.7. The lowest BCUT2D eigenvalue weighted by molar-refractivity contribution is -0.123. The van der Waals surface area contributed by atoms with Crippen molar-refractivity contribution >= 4 is 34.2 Å². The third-order valence-corrected chi connectivity index (χ3v) is 6.10. The molecule has 0 unspecified atom stereocenters. The molecule has 0 bridgehead atoms. The lowest BCUT2D eigenvalue weighted by Crippen LogP contribution is -2.42. The van der Waals surface area contributed by atoms with Crippen LogP contribution in [0.5, 0.6) is 0 Å². The molecule has 0 atom stereocenters. The smallest absolute Gasteiger partial charge is 0.240 e. The molecule has 0 aliphatic carbocycles. The minimum Gasteiger partial charge on any atom is -0.370 e. The molecule has 2 heterocycles. The fraction of sp³-hybridized carbons (Fsp3) is 0.440. The number of carbonyl (C=O) groups excluding carboxylic acids is 1. The Morgan fingerprint density at radius 2 is 1.91 bits per heavy atom. The summed E-state index contributed by atoms with van der Waals surface area (Å²) in [5.41, 5.74) is 3.08. The number of carbonyl (C=O) groups is 1. The Hall–Kier alpha value is -2.64. The van der Waals surface area contributed by atoms with Crippen LogP contribution in [0.1, 0.15) is 27.2 Å². The highest BCUT2D eigenvalue weighted by Gasteiger charge is 2.21. The van der Waals surface area contributed by atoms with E-state index in [0.717, 1.165) is 49.3 Å². The van der Waals surface area contributed by atoms with Gasteiger partial charge in [0.05, 0.1) is 16.1 Å². The molecular formula is C25H31ClFN5O. The number of hydrogen-bond donors (Lipinski definition) is 1. The van der Waals surface area contributed by atoms with Crippen molar-refractivity contribution in [2.24, 2.45) is 0 Å². The minimum absolute atomic E-state index is 0.0274. The number of halogens is 2. The van der Waals surface area contributed by atoms with E-state index in [4.69, 9.17) is 16.6 Å². The van der Waals surface area contributed by atoms with Crippen molar-refractivity contribution in [2.75, 3.05) is 38.1 Å². The van der Waals surface area contributed by atoms with Crippen LogP contribution in [0.4, 0.5) is 10.1 Å². The average molecular weight is 472 g/mol. The summed E-state index contributed by atoms with van der Waals surface area (Å²) < 4.78 is 15.7. The van der Waals surface area contributed by atoms with Gasteiger partial charge in [0, 0.05) is 36.4 Å². The van der Waals surface area contributed by atoms with Gasteiger partial charge < -0.3 is 19.7 Å². The molecule has 1 saturated heterocycles. The van der Waals surface area contributed by atoms with Crippen LogP contribution in [0.3, 0.4) is 0 Å². The first-order chi connectivity index (χ1) is 15.6. The van der Waals surface area contributed by atoms with E-state index >= 15 is 0 Å². The molecule has 0 radical (unpaired) electrons. The van der Waals surface area contributed by atoms with Gasteiger partial charge in [-0.1, -0.05) is 11.6 Å². The first-order valence-corrected chi connectivity index (χ1v) is 11.7. The topological polar surface area (TPSA) is 53.4 Å². The molecule has 0 saturated carbocycles. The van der Waals surface area contributed by atoms with Crippen LogP contribution in [0.25, 0.3) is 22.4 Å². The number of anilines is 1. The Morgan fingerprint density at radius 3 is 2.64 bits per heavy atom. The van der Waals surface area contributed by atoms with Gasteiger partial charge in [0.2, 0.25) is 5.91 Å². The first kappa shape index (κ1) is 23.5. The highest BCUT2D eigenvalue weighted by atomic mass is 35.5. The number of nitrogens with zero attached hydrogens (tertiary/aromatic N) is 4. The SMILES string of the molecule is CN1CCCN(c2ccc3c(c2)nc(-c2ccc(F)c(Cl)c2)n3CC(=O)NC(C)(C)C)CC1. The molecule has 8 heteroatoms. The van der Waals surface area contributed by atoms with Gasteiger partial charge in [-0.25, -0.2) is 9.37 Å². The van der Waals surface area contributed by atoms with Crippen molar-refractivity contribution in [3.63, 3.8) is 0 Å². The standard InChI is InChI=1S/C25H31ClFN5O/c1-25(2,3)29-23(33)16-32-22-9-7-18(31-11-5-10-30(4)12-13-31)15-21(22)28-24(32)17-6-8-20(27)19(26)14-17/h6-9,14-15H,5,10-13,16H2,1-4H3,(H,29,33). The zero-order chi connectivity index (χ0) is 23.8. The molecule has 3 aromatic rings. The van der Waals surface area contributed by atoms with E-state index in [0.29, 0.717) is 11.4 Å².